The van der Waals surface area contributed by atoms with Crippen molar-refractivity contribution in [2.45, 2.75) is 46.3 Å². The van der Waals surface area contributed by atoms with E-state index in [2.05, 4.69) is 65.9 Å². The molecule has 0 saturated carbocycles. The van der Waals surface area contributed by atoms with Crippen LogP contribution >= 0.6 is 0 Å². The van der Waals surface area contributed by atoms with E-state index in [-0.39, 0.29) is 11.2 Å². The fourth-order valence-electron chi connectivity index (χ4n) is 4.60. The van der Waals surface area contributed by atoms with Gasteiger partial charge in [0.25, 0.3) is 0 Å². The van der Waals surface area contributed by atoms with Gasteiger partial charge < -0.3 is 14.8 Å². The Bertz CT molecular complexity index is 1240. The molecule has 0 spiro atoms. The summed E-state index contributed by atoms with van der Waals surface area (Å²) in [4.78, 5) is 13.2. The average Bonchev–Trinajstić information content (AvgIpc) is 3.24. The molecule has 2 aliphatic rings. The van der Waals surface area contributed by atoms with Gasteiger partial charge in [-0.15, -0.1) is 0 Å². The zero-order chi connectivity index (χ0) is 23.2. The maximum atomic E-state index is 13.2. The Hall–Kier alpha value is -3.68. The molecule has 0 fully saturated rings. The van der Waals surface area contributed by atoms with Crippen molar-refractivity contribution < 1.29 is 14.3 Å². The molecule has 0 radical (unpaired) electrons. The minimum Gasteiger partial charge on any atom is -0.493 e. The Balaban J connectivity index is 1.49. The van der Waals surface area contributed by atoms with Crippen molar-refractivity contribution >= 4 is 11.7 Å². The summed E-state index contributed by atoms with van der Waals surface area (Å²) in [5.41, 5.74) is 4.64. The lowest BCUT2D eigenvalue weighted by Gasteiger charge is -2.37. The van der Waals surface area contributed by atoms with Crippen molar-refractivity contribution in [3.63, 3.8) is 0 Å². The first-order chi connectivity index (χ1) is 15.8. The van der Waals surface area contributed by atoms with Gasteiger partial charge in [-0.1, -0.05) is 54.8 Å². The lowest BCUT2D eigenvalue weighted by atomic mass is 9.73. The topological polar surface area (TPSA) is 91.2 Å². The number of tetrazole rings is 1. The Morgan fingerprint density at radius 2 is 1.91 bits per heavy atom. The van der Waals surface area contributed by atoms with Gasteiger partial charge in [0.1, 0.15) is 12.6 Å². The minimum absolute atomic E-state index is 0.110. The fourth-order valence-corrected chi connectivity index (χ4v) is 4.60. The summed E-state index contributed by atoms with van der Waals surface area (Å²) in [6, 6.07) is 13.5. The van der Waals surface area contributed by atoms with E-state index in [9.17, 15) is 4.79 Å². The van der Waals surface area contributed by atoms with Gasteiger partial charge in [0.2, 0.25) is 5.95 Å². The van der Waals surface area contributed by atoms with Crippen molar-refractivity contribution in [2.75, 3.05) is 12.4 Å². The highest BCUT2D eigenvalue weighted by molar-refractivity contribution is 6.00. The highest BCUT2D eigenvalue weighted by Gasteiger charge is 2.42. The van der Waals surface area contributed by atoms with E-state index in [0.29, 0.717) is 36.0 Å². The molecule has 3 aromatic rings. The predicted octanol–water partition coefficient (Wildman–Crippen LogP) is 4.23. The van der Waals surface area contributed by atoms with E-state index in [1.807, 2.05) is 18.2 Å². The van der Waals surface area contributed by atoms with E-state index >= 15 is 0 Å². The number of carbonyl (C=O) groups excluding carboxylic acids is 1. The van der Waals surface area contributed by atoms with Gasteiger partial charge >= 0.3 is 0 Å². The maximum absolute atomic E-state index is 13.2. The largest absolute Gasteiger partial charge is 0.493 e. The third-order valence-corrected chi connectivity index (χ3v) is 6.21. The van der Waals surface area contributed by atoms with Crippen molar-refractivity contribution in [1.29, 1.82) is 0 Å². The van der Waals surface area contributed by atoms with Gasteiger partial charge in [-0.25, -0.2) is 0 Å². The summed E-state index contributed by atoms with van der Waals surface area (Å²) in [5, 5.41) is 15.4. The van der Waals surface area contributed by atoms with Crippen LogP contribution in [0, 0.1) is 12.3 Å². The number of aryl methyl sites for hydroxylation is 1. The molecule has 0 saturated heterocycles. The third kappa shape index (κ3) is 3.97. The van der Waals surface area contributed by atoms with Crippen molar-refractivity contribution in [2.24, 2.45) is 5.41 Å². The van der Waals surface area contributed by atoms with Crippen molar-refractivity contribution in [3.8, 4) is 11.5 Å². The number of nitrogens with zero attached hydrogens (tertiary/aromatic N) is 4. The van der Waals surface area contributed by atoms with Crippen molar-refractivity contribution in [3.05, 3.63) is 70.4 Å². The van der Waals surface area contributed by atoms with Crippen LogP contribution in [-0.4, -0.2) is 33.1 Å². The number of ether oxygens (including phenoxy) is 2. The number of fused-ring (bicyclic) bond motifs is 1. The first-order valence-corrected chi connectivity index (χ1v) is 11.0. The quantitative estimate of drug-likeness (QED) is 0.628. The molecule has 1 aliphatic heterocycles. The van der Waals surface area contributed by atoms with Gasteiger partial charge in [-0.2, -0.15) is 4.68 Å². The standard InChI is InChI=1S/C25H27N5O3/c1-15-5-7-16(8-6-15)14-33-20-10-9-17(11-21(20)32-4)23-22-18(12-25(2,3)13-19(22)31)26-24-27-28-29-30(23)24/h5-11,23H,12-14H2,1-4H3,(H,26,27,29). The molecule has 0 bridgehead atoms. The second-order valence-electron chi connectivity index (χ2n) is 9.49. The maximum Gasteiger partial charge on any atom is 0.248 e. The molecular weight excluding hydrogens is 418 g/mol. The number of hydrogen-bond acceptors (Lipinski definition) is 7. The second kappa shape index (κ2) is 8.03. The molecule has 1 aromatic heterocycles. The molecule has 2 aromatic carbocycles. The monoisotopic (exact) mass is 445 g/mol. The smallest absolute Gasteiger partial charge is 0.248 e. The number of ketones is 1. The Morgan fingerprint density at radius 3 is 2.67 bits per heavy atom. The number of aromatic nitrogens is 4. The number of nitrogens with one attached hydrogen (secondary N) is 1. The molecule has 8 nitrogen and oxygen atoms in total. The molecule has 5 rings (SSSR count). The van der Waals surface area contributed by atoms with Crippen LogP contribution in [0.2, 0.25) is 0 Å². The number of Topliss-reactive ketones (excluding diaryl/α,β-unsaturated/α-hetero) is 1. The van der Waals surface area contributed by atoms with Gasteiger partial charge in [0.15, 0.2) is 17.3 Å². The number of anilines is 1. The summed E-state index contributed by atoms with van der Waals surface area (Å²) >= 11 is 0. The molecule has 1 atom stereocenters. The summed E-state index contributed by atoms with van der Waals surface area (Å²) in [7, 11) is 1.61. The SMILES string of the molecule is COc1cc(C2C3=C(CC(C)(C)CC3=O)Nc3nnnn32)ccc1OCc1ccc(C)cc1. The molecule has 170 valence electrons. The first-order valence-electron chi connectivity index (χ1n) is 11.0. The van der Waals surface area contributed by atoms with Crippen LogP contribution in [0.25, 0.3) is 0 Å². The summed E-state index contributed by atoms with van der Waals surface area (Å²) in [6.45, 7) is 6.70. The number of rotatable bonds is 5. The van der Waals surface area contributed by atoms with Crippen LogP contribution in [0.5, 0.6) is 11.5 Å². The number of hydrogen-bond donors (Lipinski definition) is 1. The van der Waals surface area contributed by atoms with E-state index in [1.54, 1.807) is 11.8 Å². The van der Waals surface area contributed by atoms with Crippen molar-refractivity contribution in [1.82, 2.24) is 20.2 Å². The summed E-state index contributed by atoms with van der Waals surface area (Å²) in [6.07, 6.45) is 1.24. The molecule has 1 N–H and O–H groups in total. The van der Waals surface area contributed by atoms with Crippen LogP contribution in [0.1, 0.15) is 49.4 Å². The number of allylic oxidation sites excluding steroid dienone is 2. The van der Waals surface area contributed by atoms with Gasteiger partial charge in [0.05, 0.1) is 7.11 Å². The van der Waals surface area contributed by atoms with Gasteiger partial charge in [-0.3, -0.25) is 4.79 Å². The molecule has 8 heteroatoms. The molecule has 1 unspecified atom stereocenters. The lowest BCUT2D eigenvalue weighted by Crippen LogP contribution is -2.36. The first kappa shape index (κ1) is 21.2. The van der Waals surface area contributed by atoms with E-state index < -0.39 is 6.04 Å². The number of carbonyl (C=O) groups is 1. The highest BCUT2D eigenvalue weighted by Crippen LogP contribution is 2.46. The average molecular weight is 446 g/mol. The molecule has 2 heterocycles. The summed E-state index contributed by atoms with van der Waals surface area (Å²) in [5.74, 6) is 1.87. The zero-order valence-electron chi connectivity index (χ0n) is 19.3. The molecular formula is C25H27N5O3. The Kier molecular flexibility index (Phi) is 5.15. The van der Waals surface area contributed by atoms with Gasteiger partial charge in [-0.05, 0) is 52.4 Å². The Morgan fingerprint density at radius 1 is 1.12 bits per heavy atom. The van der Waals surface area contributed by atoms with E-state index in [4.69, 9.17) is 9.47 Å². The molecule has 0 amide bonds. The predicted molar refractivity (Wildman–Crippen MR) is 123 cm³/mol. The van der Waals surface area contributed by atoms with E-state index in [1.165, 1.54) is 5.56 Å². The summed E-state index contributed by atoms with van der Waals surface area (Å²) < 4.78 is 13.4. The lowest BCUT2D eigenvalue weighted by molar-refractivity contribution is -0.118. The van der Waals surface area contributed by atoms with Crippen LogP contribution in [0.15, 0.2) is 53.7 Å². The zero-order valence-corrected chi connectivity index (χ0v) is 19.3. The van der Waals surface area contributed by atoms with Crippen LogP contribution in [0.4, 0.5) is 5.95 Å². The minimum atomic E-state index is -0.421. The van der Waals surface area contributed by atoms with Crippen LogP contribution in [-0.2, 0) is 11.4 Å². The second-order valence-corrected chi connectivity index (χ2v) is 9.49. The fraction of sp³-hybridized carbons (Fsp3) is 0.360. The Labute approximate surface area is 192 Å². The molecule has 1 aliphatic carbocycles. The van der Waals surface area contributed by atoms with Crippen LogP contribution < -0.4 is 14.8 Å². The highest BCUT2D eigenvalue weighted by atomic mass is 16.5. The number of benzene rings is 2. The van der Waals surface area contributed by atoms with E-state index in [0.717, 1.165) is 23.2 Å². The molecule has 33 heavy (non-hydrogen) atoms. The normalized spacial score (nSPS) is 18.9. The third-order valence-electron chi connectivity index (χ3n) is 6.21. The number of methoxy groups -OCH3 is 1. The van der Waals surface area contributed by atoms with Crippen LogP contribution in [0.3, 0.4) is 0 Å². The van der Waals surface area contributed by atoms with Gasteiger partial charge in [0, 0.05) is 17.7 Å².